The van der Waals surface area contributed by atoms with Gasteiger partial charge in [0, 0.05) is 13.1 Å². The van der Waals surface area contributed by atoms with E-state index < -0.39 is 0 Å². The topological polar surface area (TPSA) is 50.4 Å². The molecule has 0 saturated carbocycles. The van der Waals surface area contributed by atoms with Crippen LogP contribution in [0, 0.1) is 5.92 Å². The Morgan fingerprint density at radius 1 is 1.42 bits per heavy atom. The standard InChI is InChI=1S/C14H21BrN2O2/c1-10(2)7-17-14(18)9-19-13-5-4-11(8-16-3)6-12(13)15/h4-6,10,16H,7-9H2,1-3H3,(H,17,18). The highest BCUT2D eigenvalue weighted by atomic mass is 79.9. The van der Waals surface area contributed by atoms with E-state index in [-0.39, 0.29) is 12.5 Å². The Balaban J connectivity index is 2.47. The van der Waals surface area contributed by atoms with Crippen LogP contribution in [0.25, 0.3) is 0 Å². The molecule has 0 radical (unpaired) electrons. The minimum atomic E-state index is -0.0973. The van der Waals surface area contributed by atoms with Crippen LogP contribution in [0.15, 0.2) is 22.7 Å². The number of carbonyl (C=O) groups excluding carboxylic acids is 1. The van der Waals surface area contributed by atoms with Crippen LogP contribution >= 0.6 is 15.9 Å². The van der Waals surface area contributed by atoms with Gasteiger partial charge in [-0.15, -0.1) is 0 Å². The maximum absolute atomic E-state index is 11.5. The average molecular weight is 329 g/mol. The molecule has 2 N–H and O–H groups in total. The number of carbonyl (C=O) groups is 1. The highest BCUT2D eigenvalue weighted by molar-refractivity contribution is 9.10. The van der Waals surface area contributed by atoms with Gasteiger partial charge in [0.05, 0.1) is 4.47 Å². The van der Waals surface area contributed by atoms with Gasteiger partial charge in [-0.05, 0) is 46.6 Å². The number of halogens is 1. The molecule has 1 amide bonds. The fraction of sp³-hybridized carbons (Fsp3) is 0.500. The van der Waals surface area contributed by atoms with E-state index in [1.807, 2.05) is 25.2 Å². The molecule has 106 valence electrons. The van der Waals surface area contributed by atoms with E-state index in [2.05, 4.69) is 40.4 Å². The third-order valence-electron chi connectivity index (χ3n) is 2.44. The molecular weight excluding hydrogens is 308 g/mol. The van der Waals surface area contributed by atoms with Crippen LogP contribution in [0.1, 0.15) is 19.4 Å². The van der Waals surface area contributed by atoms with Crippen molar-refractivity contribution in [3.63, 3.8) is 0 Å². The van der Waals surface area contributed by atoms with Crippen LogP contribution < -0.4 is 15.4 Å². The summed E-state index contributed by atoms with van der Waals surface area (Å²) in [6.07, 6.45) is 0. The van der Waals surface area contributed by atoms with E-state index in [0.29, 0.717) is 18.2 Å². The number of rotatable bonds is 7. The Bertz CT molecular complexity index is 422. The van der Waals surface area contributed by atoms with Gasteiger partial charge in [0.2, 0.25) is 0 Å². The van der Waals surface area contributed by atoms with Crippen molar-refractivity contribution < 1.29 is 9.53 Å². The van der Waals surface area contributed by atoms with Crippen LogP contribution in [0.2, 0.25) is 0 Å². The number of benzene rings is 1. The number of hydrogen-bond donors (Lipinski definition) is 2. The lowest BCUT2D eigenvalue weighted by molar-refractivity contribution is -0.123. The predicted octanol–water partition coefficient (Wildman–Crippen LogP) is 2.32. The lowest BCUT2D eigenvalue weighted by Gasteiger charge is -2.11. The Morgan fingerprint density at radius 2 is 2.16 bits per heavy atom. The summed E-state index contributed by atoms with van der Waals surface area (Å²) in [5.41, 5.74) is 1.16. The van der Waals surface area contributed by atoms with E-state index in [4.69, 9.17) is 4.74 Å². The molecule has 0 atom stereocenters. The zero-order valence-corrected chi connectivity index (χ0v) is 13.2. The Morgan fingerprint density at radius 3 is 2.74 bits per heavy atom. The van der Waals surface area contributed by atoms with Gasteiger partial charge in [0.25, 0.3) is 5.91 Å². The number of amides is 1. The highest BCUT2D eigenvalue weighted by Gasteiger charge is 2.06. The maximum atomic E-state index is 11.5. The molecule has 0 bridgehead atoms. The molecule has 0 aliphatic heterocycles. The lowest BCUT2D eigenvalue weighted by Crippen LogP contribution is -2.31. The number of hydrogen-bond acceptors (Lipinski definition) is 3. The Hall–Kier alpha value is -1.07. The molecule has 0 unspecified atom stereocenters. The van der Waals surface area contributed by atoms with Crippen molar-refractivity contribution in [3.8, 4) is 5.75 Å². The highest BCUT2D eigenvalue weighted by Crippen LogP contribution is 2.25. The summed E-state index contributed by atoms with van der Waals surface area (Å²) in [7, 11) is 1.90. The largest absolute Gasteiger partial charge is 0.483 e. The fourth-order valence-corrected chi connectivity index (χ4v) is 2.03. The summed E-state index contributed by atoms with van der Waals surface area (Å²) in [5.74, 6) is 1.02. The first-order valence-corrected chi connectivity index (χ1v) is 7.14. The van der Waals surface area contributed by atoms with E-state index in [1.165, 1.54) is 0 Å². The third-order valence-corrected chi connectivity index (χ3v) is 3.06. The normalized spacial score (nSPS) is 10.6. The number of ether oxygens (including phenoxy) is 1. The van der Waals surface area contributed by atoms with E-state index in [1.54, 1.807) is 0 Å². The summed E-state index contributed by atoms with van der Waals surface area (Å²) in [6.45, 7) is 5.62. The van der Waals surface area contributed by atoms with Gasteiger partial charge in [-0.2, -0.15) is 0 Å². The second-order valence-electron chi connectivity index (χ2n) is 4.78. The first-order chi connectivity index (χ1) is 9.02. The molecule has 0 saturated heterocycles. The summed E-state index contributed by atoms with van der Waals surface area (Å²) in [6, 6.07) is 5.83. The molecule has 0 fully saturated rings. The smallest absolute Gasteiger partial charge is 0.257 e. The molecule has 4 nitrogen and oxygen atoms in total. The molecule has 0 aromatic heterocycles. The van der Waals surface area contributed by atoms with Crippen molar-refractivity contribution in [1.29, 1.82) is 0 Å². The second-order valence-corrected chi connectivity index (χ2v) is 5.64. The van der Waals surface area contributed by atoms with E-state index in [9.17, 15) is 4.79 Å². The van der Waals surface area contributed by atoms with Crippen molar-refractivity contribution in [2.75, 3.05) is 20.2 Å². The van der Waals surface area contributed by atoms with Crippen molar-refractivity contribution in [1.82, 2.24) is 10.6 Å². The minimum absolute atomic E-state index is 0.0384. The van der Waals surface area contributed by atoms with Crippen molar-refractivity contribution in [2.24, 2.45) is 5.92 Å². The molecule has 0 aliphatic carbocycles. The Kier molecular flexibility index (Phi) is 6.87. The Labute approximate surface area is 123 Å². The van der Waals surface area contributed by atoms with Crippen LogP contribution in [-0.4, -0.2) is 26.1 Å². The molecule has 5 heteroatoms. The monoisotopic (exact) mass is 328 g/mol. The third kappa shape index (κ3) is 6.07. The zero-order chi connectivity index (χ0) is 14.3. The molecule has 0 spiro atoms. The minimum Gasteiger partial charge on any atom is -0.483 e. The van der Waals surface area contributed by atoms with Crippen LogP contribution in [0.3, 0.4) is 0 Å². The van der Waals surface area contributed by atoms with Crippen LogP contribution in [0.4, 0.5) is 0 Å². The second kappa shape index (κ2) is 8.17. The lowest BCUT2D eigenvalue weighted by atomic mass is 10.2. The SMILES string of the molecule is CNCc1ccc(OCC(=O)NCC(C)C)c(Br)c1. The summed E-state index contributed by atoms with van der Waals surface area (Å²) in [4.78, 5) is 11.5. The molecule has 1 aromatic carbocycles. The molecule has 19 heavy (non-hydrogen) atoms. The van der Waals surface area contributed by atoms with Gasteiger partial charge < -0.3 is 15.4 Å². The zero-order valence-electron chi connectivity index (χ0n) is 11.6. The summed E-state index contributed by atoms with van der Waals surface area (Å²) in [5, 5.41) is 5.90. The molecule has 0 aliphatic rings. The van der Waals surface area contributed by atoms with Gasteiger partial charge in [-0.25, -0.2) is 0 Å². The van der Waals surface area contributed by atoms with E-state index >= 15 is 0 Å². The summed E-state index contributed by atoms with van der Waals surface area (Å²) >= 11 is 3.44. The molecule has 0 heterocycles. The predicted molar refractivity (Wildman–Crippen MR) is 80.2 cm³/mol. The molecule has 1 rings (SSSR count). The van der Waals surface area contributed by atoms with Gasteiger partial charge >= 0.3 is 0 Å². The summed E-state index contributed by atoms with van der Waals surface area (Å²) < 4.78 is 6.34. The quantitative estimate of drug-likeness (QED) is 0.807. The average Bonchev–Trinajstić information content (AvgIpc) is 2.35. The van der Waals surface area contributed by atoms with Gasteiger partial charge in [-0.3, -0.25) is 4.79 Å². The number of nitrogens with one attached hydrogen (secondary N) is 2. The first-order valence-electron chi connectivity index (χ1n) is 6.35. The van der Waals surface area contributed by atoms with Crippen molar-refractivity contribution >= 4 is 21.8 Å². The van der Waals surface area contributed by atoms with Crippen molar-refractivity contribution in [2.45, 2.75) is 20.4 Å². The van der Waals surface area contributed by atoms with E-state index in [0.717, 1.165) is 16.6 Å². The van der Waals surface area contributed by atoms with Gasteiger partial charge in [0.15, 0.2) is 6.61 Å². The molecular formula is C14H21BrN2O2. The first kappa shape index (κ1) is 16.0. The maximum Gasteiger partial charge on any atom is 0.257 e. The fourth-order valence-electron chi connectivity index (χ4n) is 1.49. The molecule has 1 aromatic rings. The van der Waals surface area contributed by atoms with Gasteiger partial charge in [0.1, 0.15) is 5.75 Å². The van der Waals surface area contributed by atoms with Crippen molar-refractivity contribution in [3.05, 3.63) is 28.2 Å². The van der Waals surface area contributed by atoms with Crippen LogP contribution in [0.5, 0.6) is 5.75 Å². The van der Waals surface area contributed by atoms with Crippen LogP contribution in [-0.2, 0) is 11.3 Å². The van der Waals surface area contributed by atoms with Gasteiger partial charge in [-0.1, -0.05) is 19.9 Å².